The van der Waals surface area contributed by atoms with Crippen molar-refractivity contribution in [2.45, 2.75) is 58.6 Å². The third-order valence-electron chi connectivity index (χ3n) is 11.6. The summed E-state index contributed by atoms with van der Waals surface area (Å²) < 4.78 is 156. The zero-order valence-electron chi connectivity index (χ0n) is 48.8. The van der Waals surface area contributed by atoms with Crippen molar-refractivity contribution in [3.63, 3.8) is 0 Å². The van der Waals surface area contributed by atoms with Crippen LogP contribution in [0.1, 0.15) is 11.1 Å². The molecule has 0 aliphatic carbocycles. The summed E-state index contributed by atoms with van der Waals surface area (Å²) in [5.74, 6) is -4.76. The first-order valence-corrected chi connectivity index (χ1v) is 31.1. The van der Waals surface area contributed by atoms with Gasteiger partial charge in [-0.3, -0.25) is 0 Å². The number of rotatable bonds is 40. The second-order valence-corrected chi connectivity index (χ2v) is 23.8. The van der Waals surface area contributed by atoms with Crippen molar-refractivity contribution in [3.8, 4) is 0 Å². The SMILES string of the molecule is O=S(=O)([O-])CCNc1nc(Nc2ccc(/C=C/c3ccc(Nc4nc(NCCS(=O)(=O)[O-])nc(N(CCOCCO)CC(O)C(O)C(O)C(O)CO)n4)cc3S(=O)(=O)[O-])c(S(=O)(=O)[O-])c2)nc(N(CCOCCO)CC(O)C(O)C(O)C(O)CO)n1.[K+].[K+].[K+].[K+]. The van der Waals surface area contributed by atoms with E-state index in [2.05, 4.69) is 51.2 Å². The van der Waals surface area contributed by atoms with Crippen LogP contribution >= 0.6 is 0 Å². The van der Waals surface area contributed by atoms with Gasteiger partial charge in [-0.2, -0.15) is 29.9 Å². The van der Waals surface area contributed by atoms with Gasteiger partial charge < -0.3 is 120 Å². The summed E-state index contributed by atoms with van der Waals surface area (Å²) in [6.07, 6.45) is -14.1. The Kier molecular flexibility index (Phi) is 44.2. The minimum Gasteiger partial charge on any atom is -0.748 e. The van der Waals surface area contributed by atoms with Gasteiger partial charge in [-0.1, -0.05) is 24.3 Å². The normalized spacial score (nSPS) is 14.6. The molecule has 0 fully saturated rings. The van der Waals surface area contributed by atoms with Crippen molar-refractivity contribution in [1.82, 2.24) is 29.9 Å². The van der Waals surface area contributed by atoms with Gasteiger partial charge in [-0.25, -0.2) is 33.7 Å². The van der Waals surface area contributed by atoms with Crippen LogP contribution in [0.15, 0.2) is 46.2 Å². The molecular weight excluding hydrogens is 1400 g/mol. The van der Waals surface area contributed by atoms with Gasteiger partial charge in [0, 0.05) is 50.6 Å². The molecule has 0 bridgehead atoms. The van der Waals surface area contributed by atoms with Gasteiger partial charge in [0.15, 0.2) is 0 Å². The molecule has 0 amide bonds. The second-order valence-electron chi connectivity index (χ2n) is 18.1. The van der Waals surface area contributed by atoms with Crippen LogP contribution in [0.5, 0.6) is 0 Å². The number of aliphatic hydroxyl groups excluding tert-OH is 12. The van der Waals surface area contributed by atoms with E-state index in [1.807, 2.05) is 0 Å². The van der Waals surface area contributed by atoms with Crippen molar-refractivity contribution in [1.29, 1.82) is 0 Å². The maximum Gasteiger partial charge on any atom is 1.00 e. The molecule has 0 spiro atoms. The van der Waals surface area contributed by atoms with E-state index in [4.69, 9.17) is 9.47 Å². The van der Waals surface area contributed by atoms with E-state index in [9.17, 15) is 113 Å². The molecule has 0 aliphatic heterocycles. The molecule has 46 heteroatoms. The maximum atomic E-state index is 12.8. The third-order valence-corrected chi connectivity index (χ3v) is 14.7. The molecule has 484 valence electrons. The number of ether oxygens (including phenoxy) is 2. The standard InChI is InChI=1S/C44H68N12O26S4.4K/c57-11-15-81-13-9-55(21-29(61)35(65)37(67)31(63)23-59)43-51-39(45-7-17-83(69,70)71)49-41(53-43)47-27-5-3-25(33(19-27)85(75,76)77)1-2-26-4-6-28(20-34(26)86(78,79)80)48-42-50-40(46-8-18-84(72,73)74)52-44(54-42)56(10-14-82-16-12-58)22-30(62)36(66)38(68)32(64)24-60;;;;/h1-6,19-20,29-32,35-38,57-68H,7-18,21-24H2,(H,69,70,71)(H,72,73,74)(H,75,76,77)(H,78,79,80)(H2,45,47,49,51,53)(H2,46,48,50,52,54);;;;/q;4*+1/p-4/b2-1+;;;;. The number of benzene rings is 2. The first-order valence-electron chi connectivity index (χ1n) is 25.1. The Morgan fingerprint density at radius 3 is 1.09 bits per heavy atom. The Labute approximate surface area is 686 Å². The van der Waals surface area contributed by atoms with Crippen LogP contribution in [-0.4, -0.2) is 296 Å². The first-order chi connectivity index (χ1) is 40.3. The Balaban J connectivity index is 0.0000198. The molecule has 90 heavy (non-hydrogen) atoms. The number of aromatic nitrogens is 6. The van der Waals surface area contributed by atoms with E-state index in [0.717, 1.165) is 58.4 Å². The maximum absolute atomic E-state index is 12.8. The van der Waals surface area contributed by atoms with Gasteiger partial charge in [0.05, 0.1) is 94.4 Å². The molecule has 4 aromatic rings. The summed E-state index contributed by atoms with van der Waals surface area (Å²) in [4.78, 5) is 25.2. The number of anilines is 8. The molecule has 0 aliphatic rings. The Morgan fingerprint density at radius 2 is 0.789 bits per heavy atom. The fraction of sp³-hybridized carbons (Fsp3) is 0.545. The van der Waals surface area contributed by atoms with Crippen molar-refractivity contribution < 1.29 is 328 Å². The molecule has 2 heterocycles. The Hall–Kier alpha value is 0.625. The number of nitrogens with zero attached hydrogens (tertiary/aromatic N) is 8. The van der Waals surface area contributed by atoms with Gasteiger partial charge >= 0.3 is 206 Å². The Morgan fingerprint density at radius 1 is 0.467 bits per heavy atom. The molecule has 16 N–H and O–H groups in total. The predicted octanol–water partition coefficient (Wildman–Crippen LogP) is -20.0. The number of hydrogen-bond donors (Lipinski definition) is 16. The molecule has 8 atom stereocenters. The molecule has 4 rings (SSSR count). The molecule has 0 radical (unpaired) electrons. The fourth-order valence-electron chi connectivity index (χ4n) is 7.25. The second kappa shape index (κ2) is 43.9. The smallest absolute Gasteiger partial charge is 0.748 e. The van der Waals surface area contributed by atoms with E-state index in [1.54, 1.807) is 0 Å². The third kappa shape index (κ3) is 32.1. The molecule has 2 aromatic heterocycles. The molecule has 8 unspecified atom stereocenters. The van der Waals surface area contributed by atoms with Crippen LogP contribution in [-0.2, 0) is 49.9 Å². The summed E-state index contributed by atoms with van der Waals surface area (Å²) in [6.45, 7) is -6.74. The predicted molar refractivity (Wildman–Crippen MR) is 293 cm³/mol. The summed E-state index contributed by atoms with van der Waals surface area (Å²) in [7, 11) is -20.6. The van der Waals surface area contributed by atoms with Crippen LogP contribution < -0.4 is 237 Å². The van der Waals surface area contributed by atoms with Crippen LogP contribution in [0.25, 0.3) is 12.2 Å². The van der Waals surface area contributed by atoms with Gasteiger partial charge in [0.2, 0.25) is 35.7 Å². The zero-order chi connectivity index (χ0) is 64.2. The molecule has 2 aromatic carbocycles. The average molecular weight is 1460 g/mol. The summed E-state index contributed by atoms with van der Waals surface area (Å²) in [6, 6.07) is 5.95. The van der Waals surface area contributed by atoms with E-state index in [1.165, 1.54) is 0 Å². The van der Waals surface area contributed by atoms with Crippen molar-refractivity contribution in [2.75, 3.05) is 135 Å². The van der Waals surface area contributed by atoms with Crippen molar-refractivity contribution >= 4 is 99.7 Å². The summed E-state index contributed by atoms with van der Waals surface area (Å²) in [5.41, 5.74) is -1.32. The van der Waals surface area contributed by atoms with Gasteiger partial charge in [-0.05, 0) is 35.4 Å². The zero-order valence-corrected chi connectivity index (χ0v) is 64.6. The van der Waals surface area contributed by atoms with E-state index < -0.39 is 210 Å². The van der Waals surface area contributed by atoms with E-state index in [-0.39, 0.29) is 256 Å². The fourth-order valence-corrected chi connectivity index (χ4v) is 9.35. The molecule has 0 saturated heterocycles. The minimum atomic E-state index is -5.47. The summed E-state index contributed by atoms with van der Waals surface area (Å²) >= 11 is 0. The average Bonchev–Trinajstić information content (AvgIpc) is 3.16. The van der Waals surface area contributed by atoms with Crippen LogP contribution in [0.4, 0.5) is 47.1 Å². The van der Waals surface area contributed by atoms with Crippen LogP contribution in [0, 0.1) is 0 Å². The first kappa shape index (κ1) is 90.6. The quantitative estimate of drug-likeness (QED) is 0.00851. The van der Waals surface area contributed by atoms with Gasteiger partial charge in [0.1, 0.15) is 69.1 Å². The van der Waals surface area contributed by atoms with Crippen LogP contribution in [0.2, 0.25) is 0 Å². The largest absolute Gasteiger partial charge is 1.00 e. The number of nitrogens with one attached hydrogen (secondary N) is 4. The number of aliphatic hydroxyl groups is 12. The monoisotopic (exact) mass is 1460 g/mol. The van der Waals surface area contributed by atoms with Gasteiger partial charge in [0.25, 0.3) is 0 Å². The van der Waals surface area contributed by atoms with Gasteiger partial charge in [-0.15, -0.1) is 0 Å². The molecular formula is C44H64K4N12O26S4. The minimum absolute atomic E-state index is 0. The van der Waals surface area contributed by atoms with E-state index >= 15 is 0 Å². The number of hydrogen-bond acceptors (Lipinski definition) is 38. The Bertz CT molecular complexity index is 3120. The summed E-state index contributed by atoms with van der Waals surface area (Å²) in [5, 5.41) is 130. The molecule has 38 nitrogen and oxygen atoms in total. The van der Waals surface area contributed by atoms with Crippen molar-refractivity contribution in [2.24, 2.45) is 0 Å². The molecule has 0 saturated carbocycles. The topological polar surface area (TPSA) is 622 Å². The van der Waals surface area contributed by atoms with E-state index in [0.29, 0.717) is 0 Å². The van der Waals surface area contributed by atoms with Crippen LogP contribution in [0.3, 0.4) is 0 Å². The van der Waals surface area contributed by atoms with Crippen molar-refractivity contribution in [3.05, 3.63) is 47.5 Å².